The number of nitrogens with zero attached hydrogens (tertiary/aromatic N) is 2. The first-order valence-electron chi connectivity index (χ1n) is 9.11. The zero-order chi connectivity index (χ0) is 19.4. The van der Waals surface area contributed by atoms with E-state index in [1.807, 2.05) is 37.3 Å². The highest BCUT2D eigenvalue weighted by atomic mass is 16.3. The van der Waals surface area contributed by atoms with Crippen LogP contribution in [0.2, 0.25) is 0 Å². The lowest BCUT2D eigenvalue weighted by Crippen LogP contribution is -2.52. The average Bonchev–Trinajstić information content (AvgIpc) is 2.69. The summed E-state index contributed by atoms with van der Waals surface area (Å²) in [4.78, 5) is 18.3. The van der Waals surface area contributed by atoms with Gasteiger partial charge in [-0.1, -0.05) is 18.7 Å². The Morgan fingerprint density at radius 1 is 1.37 bits per heavy atom. The Labute approximate surface area is 159 Å². The van der Waals surface area contributed by atoms with E-state index in [-0.39, 0.29) is 18.4 Å². The second-order valence-corrected chi connectivity index (χ2v) is 6.87. The summed E-state index contributed by atoms with van der Waals surface area (Å²) >= 11 is 0. The Morgan fingerprint density at radius 3 is 2.81 bits per heavy atom. The molecule has 1 atom stereocenters. The number of nitrogens with one attached hydrogen (secondary N) is 2. The number of Topliss-reactive ketones (excluding diaryl/α,β-unsaturated/α-hetero) is 1. The Hall–Kier alpha value is -2.70. The number of carbonyl (C=O) groups excluding carboxylic acids is 1. The van der Waals surface area contributed by atoms with Crippen LogP contribution in [0, 0.1) is 6.92 Å². The molecule has 0 amide bonds. The van der Waals surface area contributed by atoms with Gasteiger partial charge in [0.05, 0.1) is 6.61 Å². The van der Waals surface area contributed by atoms with E-state index in [4.69, 9.17) is 0 Å². The molecule has 0 saturated carbocycles. The van der Waals surface area contributed by atoms with Gasteiger partial charge in [-0.25, -0.2) is 4.98 Å². The van der Waals surface area contributed by atoms with Crippen molar-refractivity contribution in [2.75, 3.05) is 36.5 Å². The molecule has 27 heavy (non-hydrogen) atoms. The molecule has 6 heteroatoms. The maximum absolute atomic E-state index is 11.6. The summed E-state index contributed by atoms with van der Waals surface area (Å²) < 4.78 is 0. The summed E-state index contributed by atoms with van der Waals surface area (Å²) in [6, 6.07) is 9.64. The number of aryl methyl sites for hydroxylation is 1. The highest BCUT2D eigenvalue weighted by Crippen LogP contribution is 2.23. The van der Waals surface area contributed by atoms with E-state index in [0.717, 1.165) is 48.0 Å². The molecule has 1 unspecified atom stereocenters. The lowest BCUT2D eigenvalue weighted by atomic mass is 10.1. The third kappa shape index (κ3) is 4.53. The molecular formula is C21H26N4O2. The Balaban J connectivity index is 1.71. The number of carbonyl (C=O) groups is 1. The third-order valence-corrected chi connectivity index (χ3v) is 4.83. The van der Waals surface area contributed by atoms with Gasteiger partial charge >= 0.3 is 0 Å². The number of benzene rings is 1. The Morgan fingerprint density at radius 2 is 2.15 bits per heavy atom. The SMILES string of the molecule is C=C(Nc1cc(C(C)=O)ccc1C)c1ccc(N2CCNC(CO)C2)nc1. The van der Waals surface area contributed by atoms with Gasteiger partial charge in [0.2, 0.25) is 0 Å². The van der Waals surface area contributed by atoms with Gasteiger partial charge in [0.1, 0.15) is 5.82 Å². The van der Waals surface area contributed by atoms with Crippen molar-refractivity contribution >= 4 is 23.0 Å². The van der Waals surface area contributed by atoms with Gasteiger partial charge in [0.25, 0.3) is 0 Å². The molecule has 2 heterocycles. The quantitative estimate of drug-likeness (QED) is 0.682. The van der Waals surface area contributed by atoms with Crippen molar-refractivity contribution < 1.29 is 9.90 Å². The van der Waals surface area contributed by atoms with Crippen LogP contribution in [0.5, 0.6) is 0 Å². The summed E-state index contributed by atoms with van der Waals surface area (Å²) in [6.07, 6.45) is 1.80. The summed E-state index contributed by atoms with van der Waals surface area (Å²) in [7, 11) is 0. The van der Waals surface area contributed by atoms with E-state index in [2.05, 4.69) is 27.1 Å². The first-order chi connectivity index (χ1) is 13.0. The lowest BCUT2D eigenvalue weighted by Gasteiger charge is -2.33. The number of hydrogen-bond donors (Lipinski definition) is 3. The second-order valence-electron chi connectivity index (χ2n) is 6.87. The first-order valence-corrected chi connectivity index (χ1v) is 9.11. The van der Waals surface area contributed by atoms with Crippen LogP contribution in [0.4, 0.5) is 11.5 Å². The van der Waals surface area contributed by atoms with Crippen molar-refractivity contribution in [2.45, 2.75) is 19.9 Å². The average molecular weight is 366 g/mol. The van der Waals surface area contributed by atoms with E-state index in [1.54, 1.807) is 13.1 Å². The highest BCUT2D eigenvalue weighted by Gasteiger charge is 2.19. The number of aliphatic hydroxyl groups is 1. The molecule has 1 aromatic heterocycles. The molecule has 3 rings (SSSR count). The molecule has 1 saturated heterocycles. The number of ketones is 1. The van der Waals surface area contributed by atoms with Crippen molar-refractivity contribution in [3.8, 4) is 0 Å². The third-order valence-electron chi connectivity index (χ3n) is 4.83. The fraction of sp³-hybridized carbons (Fsp3) is 0.333. The van der Waals surface area contributed by atoms with Gasteiger partial charge in [-0.3, -0.25) is 4.79 Å². The standard InChI is InChI=1S/C21H26N4O2/c1-14-4-5-17(16(3)27)10-20(14)24-15(2)18-6-7-21(23-11-18)25-9-8-22-19(12-25)13-26/h4-7,10-11,19,22,24,26H,2,8-9,12-13H2,1,3H3. The molecule has 0 bridgehead atoms. The number of aromatic nitrogens is 1. The van der Waals surface area contributed by atoms with Crippen LogP contribution in [0.25, 0.3) is 5.70 Å². The van der Waals surface area contributed by atoms with E-state index < -0.39 is 0 Å². The second kappa shape index (κ2) is 8.33. The molecule has 3 N–H and O–H groups in total. The molecule has 142 valence electrons. The number of anilines is 2. The summed E-state index contributed by atoms with van der Waals surface area (Å²) in [5, 5.41) is 15.9. The monoisotopic (exact) mass is 366 g/mol. The van der Waals surface area contributed by atoms with Crippen LogP contribution in [0.3, 0.4) is 0 Å². The molecule has 1 aromatic carbocycles. The molecule has 1 fully saturated rings. The predicted molar refractivity (Wildman–Crippen MR) is 109 cm³/mol. The largest absolute Gasteiger partial charge is 0.395 e. The molecule has 0 radical (unpaired) electrons. The van der Waals surface area contributed by atoms with Gasteiger partial charge in [-0.15, -0.1) is 0 Å². The van der Waals surface area contributed by atoms with Gasteiger partial charge in [0, 0.05) is 54.4 Å². The predicted octanol–water partition coefficient (Wildman–Crippen LogP) is 2.45. The topological polar surface area (TPSA) is 77.5 Å². The van der Waals surface area contributed by atoms with E-state index >= 15 is 0 Å². The minimum absolute atomic E-state index is 0.0342. The van der Waals surface area contributed by atoms with Crippen LogP contribution < -0.4 is 15.5 Å². The zero-order valence-electron chi connectivity index (χ0n) is 15.8. The van der Waals surface area contributed by atoms with Crippen molar-refractivity contribution in [3.05, 3.63) is 59.8 Å². The van der Waals surface area contributed by atoms with Gasteiger partial charge in [-0.2, -0.15) is 0 Å². The van der Waals surface area contributed by atoms with E-state index in [1.165, 1.54) is 0 Å². The molecule has 6 nitrogen and oxygen atoms in total. The number of hydrogen-bond acceptors (Lipinski definition) is 6. The van der Waals surface area contributed by atoms with E-state index in [9.17, 15) is 9.90 Å². The molecule has 1 aliphatic rings. The van der Waals surface area contributed by atoms with E-state index in [0.29, 0.717) is 5.56 Å². The van der Waals surface area contributed by atoms with Crippen molar-refractivity contribution in [1.29, 1.82) is 0 Å². The van der Waals surface area contributed by atoms with Crippen LogP contribution >= 0.6 is 0 Å². The summed E-state index contributed by atoms with van der Waals surface area (Å²) in [5.74, 6) is 0.924. The fourth-order valence-electron chi connectivity index (χ4n) is 3.12. The molecule has 1 aliphatic heterocycles. The molecule has 0 spiro atoms. The normalized spacial score (nSPS) is 16.9. The van der Waals surface area contributed by atoms with Crippen LogP contribution in [-0.4, -0.2) is 48.2 Å². The van der Waals surface area contributed by atoms with Crippen molar-refractivity contribution in [3.63, 3.8) is 0 Å². The molecular weight excluding hydrogens is 340 g/mol. The van der Waals surface area contributed by atoms with Crippen molar-refractivity contribution in [1.82, 2.24) is 10.3 Å². The van der Waals surface area contributed by atoms with Gasteiger partial charge in [0.15, 0.2) is 5.78 Å². The minimum atomic E-state index is 0.0342. The van der Waals surface area contributed by atoms with Crippen LogP contribution in [0.15, 0.2) is 43.1 Å². The number of rotatable bonds is 6. The highest BCUT2D eigenvalue weighted by molar-refractivity contribution is 5.95. The summed E-state index contributed by atoms with van der Waals surface area (Å²) in [6.45, 7) is 10.2. The maximum Gasteiger partial charge on any atom is 0.159 e. The maximum atomic E-state index is 11.6. The van der Waals surface area contributed by atoms with Crippen molar-refractivity contribution in [2.24, 2.45) is 0 Å². The lowest BCUT2D eigenvalue weighted by molar-refractivity contribution is 0.101. The zero-order valence-corrected chi connectivity index (χ0v) is 15.8. The number of pyridine rings is 1. The summed E-state index contributed by atoms with van der Waals surface area (Å²) in [5.41, 5.74) is 4.19. The van der Waals surface area contributed by atoms with Gasteiger partial charge < -0.3 is 20.6 Å². The smallest absolute Gasteiger partial charge is 0.159 e. The van der Waals surface area contributed by atoms with Crippen LogP contribution in [-0.2, 0) is 0 Å². The number of aliphatic hydroxyl groups excluding tert-OH is 1. The molecule has 0 aliphatic carbocycles. The minimum Gasteiger partial charge on any atom is -0.395 e. The van der Waals surface area contributed by atoms with Gasteiger partial charge in [-0.05, 0) is 37.6 Å². The molecule has 2 aromatic rings. The Kier molecular flexibility index (Phi) is 5.88. The van der Waals surface area contributed by atoms with Crippen LogP contribution in [0.1, 0.15) is 28.4 Å². The first kappa shape index (κ1) is 19.1. The fourth-order valence-corrected chi connectivity index (χ4v) is 3.12. The Bertz CT molecular complexity index is 833. The number of piperazine rings is 1.